The first-order valence-corrected chi connectivity index (χ1v) is 12.0. The van der Waals surface area contributed by atoms with Gasteiger partial charge in [0.1, 0.15) is 0 Å². The Bertz CT molecular complexity index is 1120. The van der Waals surface area contributed by atoms with Crippen LogP contribution in [0.2, 0.25) is 0 Å². The fraction of sp³-hybridized carbons (Fsp3) is 0.250. The zero-order valence-electron chi connectivity index (χ0n) is 18.7. The number of benzene rings is 2. The van der Waals surface area contributed by atoms with E-state index in [9.17, 15) is 22.5 Å². The summed E-state index contributed by atoms with van der Waals surface area (Å²) in [6.45, 7) is 2.15. The zero-order chi connectivity index (χ0) is 24.8. The van der Waals surface area contributed by atoms with Crippen LogP contribution in [-0.4, -0.2) is 46.1 Å². The normalized spacial score (nSPS) is 15.5. The fourth-order valence-corrected chi connectivity index (χ4v) is 4.82. The lowest BCUT2D eigenvalue weighted by molar-refractivity contribution is -0.137. The summed E-state index contributed by atoms with van der Waals surface area (Å²) >= 11 is -1.42. The van der Waals surface area contributed by atoms with Gasteiger partial charge in [-0.25, -0.2) is 4.79 Å². The maximum atomic E-state index is 13.0. The van der Waals surface area contributed by atoms with Gasteiger partial charge in [0.25, 0.3) is 0 Å². The van der Waals surface area contributed by atoms with Gasteiger partial charge < -0.3 is 20.1 Å². The molecule has 2 amide bonds. The summed E-state index contributed by atoms with van der Waals surface area (Å²) in [6, 6.07) is 15.3. The minimum atomic E-state index is -4.39. The van der Waals surface area contributed by atoms with E-state index >= 15 is 0 Å². The van der Waals surface area contributed by atoms with Crippen molar-refractivity contribution in [1.82, 2.24) is 14.6 Å². The van der Waals surface area contributed by atoms with Gasteiger partial charge in [-0.2, -0.15) is 13.2 Å². The highest BCUT2D eigenvalue weighted by Gasteiger charge is 2.32. The number of urea groups is 1. The second kappa shape index (κ2) is 11.0. The number of carbonyl (C=O) groups excluding carboxylic acids is 1. The van der Waals surface area contributed by atoms with E-state index in [-0.39, 0.29) is 6.03 Å². The van der Waals surface area contributed by atoms with Crippen LogP contribution in [0.15, 0.2) is 78.0 Å². The van der Waals surface area contributed by atoms with Gasteiger partial charge >= 0.3 is 12.2 Å². The molecule has 7 nitrogen and oxygen atoms in total. The number of nitrogens with zero attached hydrogens (tertiary/aromatic N) is 3. The molecule has 11 heteroatoms. The molecule has 4 rings (SSSR count). The number of piperazine rings is 1. The predicted octanol–water partition coefficient (Wildman–Crippen LogP) is 4.27. The molecule has 2 N–H and O–H groups in total. The highest BCUT2D eigenvalue weighted by atomic mass is 32.2. The van der Waals surface area contributed by atoms with E-state index in [0.717, 1.165) is 17.7 Å². The van der Waals surface area contributed by atoms with E-state index in [2.05, 4.69) is 15.6 Å². The van der Waals surface area contributed by atoms with Gasteiger partial charge in [0.2, 0.25) is 0 Å². The van der Waals surface area contributed by atoms with E-state index in [0.29, 0.717) is 49.0 Å². The first-order chi connectivity index (χ1) is 16.8. The van der Waals surface area contributed by atoms with Crippen molar-refractivity contribution in [2.24, 2.45) is 0 Å². The minimum Gasteiger partial charge on any atom is -0.593 e. The molecule has 1 aliphatic heterocycles. The van der Waals surface area contributed by atoms with E-state index in [4.69, 9.17) is 0 Å². The summed E-state index contributed by atoms with van der Waals surface area (Å²) in [4.78, 5) is 18.5. The maximum Gasteiger partial charge on any atom is 0.416 e. The number of pyridine rings is 1. The van der Waals surface area contributed by atoms with Crippen LogP contribution in [0.3, 0.4) is 0 Å². The van der Waals surface area contributed by atoms with Crippen molar-refractivity contribution in [3.63, 3.8) is 0 Å². The number of hydrogen-bond acceptors (Lipinski definition) is 5. The number of rotatable bonds is 6. The lowest BCUT2D eigenvalue weighted by atomic mass is 10.1. The third-order valence-corrected chi connectivity index (χ3v) is 7.01. The molecule has 3 aromatic rings. The monoisotopic (exact) mass is 503 g/mol. The van der Waals surface area contributed by atoms with Crippen LogP contribution in [0, 0.1) is 0 Å². The number of nitrogens with one attached hydrogen (secondary N) is 2. The Hall–Kier alpha value is -3.28. The van der Waals surface area contributed by atoms with Gasteiger partial charge in [-0.15, -0.1) is 4.31 Å². The number of carbonyl (C=O) groups is 1. The molecule has 35 heavy (non-hydrogen) atoms. The van der Waals surface area contributed by atoms with Crippen molar-refractivity contribution in [1.29, 1.82) is 0 Å². The Labute approximate surface area is 204 Å². The second-order valence-corrected chi connectivity index (χ2v) is 9.39. The Morgan fingerprint density at radius 3 is 2.43 bits per heavy atom. The molecule has 1 atom stereocenters. The van der Waals surface area contributed by atoms with Gasteiger partial charge in [-0.3, -0.25) is 4.98 Å². The molecule has 2 aromatic carbocycles. The third kappa shape index (κ3) is 6.65. The van der Waals surface area contributed by atoms with Crippen LogP contribution in [0.25, 0.3) is 0 Å². The zero-order valence-corrected chi connectivity index (χ0v) is 19.5. The van der Waals surface area contributed by atoms with Crippen LogP contribution < -0.4 is 15.5 Å². The summed E-state index contributed by atoms with van der Waals surface area (Å²) < 4.78 is 53.8. The second-order valence-electron chi connectivity index (χ2n) is 7.91. The molecule has 0 radical (unpaired) electrons. The van der Waals surface area contributed by atoms with Crippen molar-refractivity contribution in [2.45, 2.75) is 17.6 Å². The Morgan fingerprint density at radius 2 is 1.77 bits per heavy atom. The molecule has 1 saturated heterocycles. The number of amides is 2. The summed E-state index contributed by atoms with van der Waals surface area (Å²) in [5, 5.41) is 5.47. The number of hydrogen-bond donors (Lipinski definition) is 2. The molecule has 0 saturated carbocycles. The lowest BCUT2D eigenvalue weighted by Gasteiger charge is -2.35. The van der Waals surface area contributed by atoms with Crippen LogP contribution in [0.1, 0.15) is 11.1 Å². The standard InChI is InChI=1S/C24H24F3N5O2S/c25-24(26,27)19-4-1-5-21(15-19)31-11-13-32(14-12-31)35(34)22-8-6-20(7-9-22)30-23(33)29-17-18-3-2-10-28-16-18/h1-10,15-16H,11-14,17H2,(H2,29,30,33). The summed E-state index contributed by atoms with van der Waals surface area (Å²) in [6.07, 6.45) is -1.06. The molecular formula is C24H24F3N5O2S. The van der Waals surface area contributed by atoms with Crippen LogP contribution in [-0.2, 0) is 24.1 Å². The fourth-order valence-electron chi connectivity index (χ4n) is 3.66. The van der Waals surface area contributed by atoms with E-state index in [1.165, 1.54) is 6.07 Å². The number of aromatic nitrogens is 1. The summed E-state index contributed by atoms with van der Waals surface area (Å²) in [5.74, 6) is 0. The third-order valence-electron chi connectivity index (χ3n) is 5.50. The van der Waals surface area contributed by atoms with Crippen molar-refractivity contribution >= 4 is 28.8 Å². The number of alkyl halides is 3. The van der Waals surface area contributed by atoms with Gasteiger partial charge in [0.05, 0.1) is 30.0 Å². The van der Waals surface area contributed by atoms with Crippen LogP contribution in [0.4, 0.5) is 29.3 Å². The van der Waals surface area contributed by atoms with Crippen LogP contribution in [0.5, 0.6) is 0 Å². The molecular weight excluding hydrogens is 479 g/mol. The topological polar surface area (TPSA) is 83.6 Å². The molecule has 1 aliphatic rings. The molecule has 1 fully saturated rings. The quantitative estimate of drug-likeness (QED) is 0.491. The smallest absolute Gasteiger partial charge is 0.416 e. The van der Waals surface area contributed by atoms with E-state index in [1.54, 1.807) is 53.1 Å². The molecule has 0 spiro atoms. The SMILES string of the molecule is O=C(NCc1cccnc1)Nc1ccc([S+]([O-])N2CCN(c3cccc(C(F)(F)F)c3)CC2)cc1. The van der Waals surface area contributed by atoms with E-state index < -0.39 is 23.1 Å². The molecule has 1 aromatic heterocycles. The first-order valence-electron chi connectivity index (χ1n) is 10.9. The number of anilines is 2. The van der Waals surface area contributed by atoms with Crippen molar-refractivity contribution in [2.75, 3.05) is 36.4 Å². The van der Waals surface area contributed by atoms with Gasteiger partial charge in [0.15, 0.2) is 4.90 Å². The van der Waals surface area contributed by atoms with Crippen LogP contribution >= 0.6 is 0 Å². The average Bonchev–Trinajstić information content (AvgIpc) is 2.88. The van der Waals surface area contributed by atoms with Crippen molar-refractivity contribution in [3.05, 3.63) is 84.2 Å². The first kappa shape index (κ1) is 24.8. The molecule has 0 bridgehead atoms. The summed E-state index contributed by atoms with van der Waals surface area (Å²) in [5.41, 5.74) is 1.26. The highest BCUT2D eigenvalue weighted by molar-refractivity contribution is 7.89. The lowest BCUT2D eigenvalue weighted by Crippen LogP contribution is -2.48. The molecule has 0 aliphatic carbocycles. The number of halogens is 3. The van der Waals surface area contributed by atoms with Gasteiger partial charge in [-0.1, -0.05) is 12.1 Å². The maximum absolute atomic E-state index is 13.0. The molecule has 2 heterocycles. The summed E-state index contributed by atoms with van der Waals surface area (Å²) in [7, 11) is 0. The predicted molar refractivity (Wildman–Crippen MR) is 128 cm³/mol. The van der Waals surface area contributed by atoms with E-state index in [1.807, 2.05) is 11.0 Å². The molecule has 184 valence electrons. The highest BCUT2D eigenvalue weighted by Crippen LogP contribution is 2.32. The average molecular weight is 504 g/mol. The Morgan fingerprint density at radius 1 is 1.03 bits per heavy atom. The Kier molecular flexibility index (Phi) is 7.79. The largest absolute Gasteiger partial charge is 0.593 e. The van der Waals surface area contributed by atoms with Crippen molar-refractivity contribution in [3.8, 4) is 0 Å². The van der Waals surface area contributed by atoms with Crippen molar-refractivity contribution < 1.29 is 22.5 Å². The Balaban J connectivity index is 1.28. The van der Waals surface area contributed by atoms with Gasteiger partial charge in [-0.05, 0) is 54.1 Å². The minimum absolute atomic E-state index is 0.342. The van der Waals surface area contributed by atoms with Gasteiger partial charge in [0, 0.05) is 43.4 Å². The molecule has 1 unspecified atom stereocenters.